The molecule has 16 nitrogen and oxygen atoms in total. The second-order valence-electron chi connectivity index (χ2n) is 12.6. The Morgan fingerprint density at radius 3 is 1.24 bits per heavy atom. The summed E-state index contributed by atoms with van der Waals surface area (Å²) in [7, 11) is 0. The zero-order valence-electron chi connectivity index (χ0n) is 28.8. The highest BCUT2D eigenvalue weighted by Gasteiger charge is 2.25. The quantitative estimate of drug-likeness (QED) is 0.0530. The topological polar surface area (TPSA) is 202 Å². The SMILES string of the molecule is O=C(NCCCCCCCC(=O)N(CCCCCCNC(=O)OCC1CO1)C(=O)NCCCCCCNC(=O)OCC1CO1)OCC1CO1. The van der Waals surface area contributed by atoms with Crippen molar-refractivity contribution < 1.29 is 52.4 Å². The van der Waals surface area contributed by atoms with Gasteiger partial charge >= 0.3 is 24.3 Å². The van der Waals surface area contributed by atoms with Crippen molar-refractivity contribution in [3.05, 3.63) is 0 Å². The summed E-state index contributed by atoms with van der Waals surface area (Å²) >= 11 is 0. The van der Waals surface area contributed by atoms with Crippen molar-refractivity contribution in [2.45, 2.75) is 108 Å². The zero-order valence-corrected chi connectivity index (χ0v) is 28.8. The number of epoxide rings is 3. The van der Waals surface area contributed by atoms with Crippen LogP contribution in [0.1, 0.15) is 89.9 Å². The summed E-state index contributed by atoms with van der Waals surface area (Å²) in [4.78, 5) is 62.3. The van der Waals surface area contributed by atoms with Crippen molar-refractivity contribution in [3.63, 3.8) is 0 Å². The van der Waals surface area contributed by atoms with Crippen LogP contribution in [0.5, 0.6) is 0 Å². The second kappa shape index (κ2) is 24.7. The third-order valence-corrected chi connectivity index (χ3v) is 8.02. The number of unbranched alkanes of at least 4 members (excludes halogenated alkanes) is 10. The number of amides is 6. The van der Waals surface area contributed by atoms with E-state index in [-0.39, 0.29) is 50.1 Å². The van der Waals surface area contributed by atoms with Gasteiger partial charge in [0.15, 0.2) is 0 Å². The van der Waals surface area contributed by atoms with E-state index in [4.69, 9.17) is 28.4 Å². The molecule has 16 heteroatoms. The van der Waals surface area contributed by atoms with Crippen molar-refractivity contribution in [2.75, 3.05) is 72.4 Å². The minimum absolute atomic E-state index is 0.0340. The lowest BCUT2D eigenvalue weighted by atomic mass is 10.1. The molecule has 0 spiro atoms. The molecular weight excluding hydrogens is 642 g/mol. The standard InChI is InChI=1S/C33H57N5O11/c39-29(14-8-2-1-3-10-16-35-31(41)47-23-26-20-44-26)38(19-13-7-6-12-18-37-33(43)49-25-28-22-46-28)30(40)34-15-9-4-5-11-17-36-32(42)48-24-27-21-45-27/h26-28H,1-25H2,(H,34,40)(H,35,41)(H,36,42)(H,37,43). The van der Waals surface area contributed by atoms with Gasteiger partial charge in [0, 0.05) is 39.1 Å². The minimum atomic E-state index is -0.447. The van der Waals surface area contributed by atoms with Crippen LogP contribution < -0.4 is 21.3 Å². The van der Waals surface area contributed by atoms with Crippen LogP contribution in [-0.4, -0.2) is 126 Å². The highest BCUT2D eigenvalue weighted by Crippen LogP contribution is 2.12. The Labute approximate surface area is 289 Å². The van der Waals surface area contributed by atoms with Gasteiger partial charge in [-0.25, -0.2) is 19.2 Å². The lowest BCUT2D eigenvalue weighted by Crippen LogP contribution is -2.44. The number of carbonyl (C=O) groups excluding carboxylic acids is 5. The summed E-state index contributed by atoms with van der Waals surface area (Å²) in [5.74, 6) is -0.184. The van der Waals surface area contributed by atoms with Gasteiger partial charge in [-0.15, -0.1) is 0 Å². The Hall–Kier alpha value is -3.37. The first-order valence-corrected chi connectivity index (χ1v) is 18.1. The van der Waals surface area contributed by atoms with Crippen molar-refractivity contribution in [1.82, 2.24) is 26.2 Å². The molecule has 3 atom stereocenters. The van der Waals surface area contributed by atoms with E-state index in [2.05, 4.69) is 21.3 Å². The van der Waals surface area contributed by atoms with E-state index in [9.17, 15) is 24.0 Å². The van der Waals surface area contributed by atoms with Gasteiger partial charge in [-0.1, -0.05) is 44.9 Å². The molecule has 3 rings (SSSR count). The zero-order chi connectivity index (χ0) is 34.9. The van der Waals surface area contributed by atoms with Crippen LogP contribution >= 0.6 is 0 Å². The predicted molar refractivity (Wildman–Crippen MR) is 177 cm³/mol. The maximum atomic E-state index is 13.1. The fourth-order valence-electron chi connectivity index (χ4n) is 4.77. The van der Waals surface area contributed by atoms with Crippen LogP contribution in [0.2, 0.25) is 0 Å². The first-order chi connectivity index (χ1) is 23.9. The molecule has 0 aromatic rings. The fourth-order valence-corrected chi connectivity index (χ4v) is 4.77. The Morgan fingerprint density at radius 1 is 0.490 bits per heavy atom. The summed E-state index contributed by atoms with van der Waals surface area (Å²) < 4.78 is 30.1. The van der Waals surface area contributed by atoms with Crippen molar-refractivity contribution in [1.29, 1.82) is 0 Å². The van der Waals surface area contributed by atoms with Crippen LogP contribution in [0, 0.1) is 0 Å². The van der Waals surface area contributed by atoms with Crippen LogP contribution in [-0.2, 0) is 33.2 Å². The number of rotatable bonds is 28. The van der Waals surface area contributed by atoms with E-state index in [1.807, 2.05) is 0 Å². The highest BCUT2D eigenvalue weighted by molar-refractivity contribution is 5.94. The second-order valence-corrected chi connectivity index (χ2v) is 12.6. The number of nitrogens with one attached hydrogen (secondary N) is 4. The number of carbonyl (C=O) groups is 5. The maximum absolute atomic E-state index is 13.1. The van der Waals surface area contributed by atoms with Crippen LogP contribution in [0.25, 0.3) is 0 Å². The van der Waals surface area contributed by atoms with Gasteiger partial charge < -0.3 is 49.7 Å². The third kappa shape index (κ3) is 22.1. The molecule has 0 radical (unpaired) electrons. The Bertz CT molecular complexity index is 936. The minimum Gasteiger partial charge on any atom is -0.447 e. The van der Waals surface area contributed by atoms with E-state index in [1.165, 1.54) is 4.90 Å². The smallest absolute Gasteiger partial charge is 0.407 e. The van der Waals surface area contributed by atoms with Gasteiger partial charge in [0.1, 0.15) is 38.1 Å². The summed E-state index contributed by atoms with van der Waals surface area (Å²) in [6, 6.07) is -0.371. The lowest BCUT2D eigenvalue weighted by Gasteiger charge is -2.21. The Balaban J connectivity index is 1.23. The average molecular weight is 700 g/mol. The molecule has 0 bridgehead atoms. The van der Waals surface area contributed by atoms with Crippen molar-refractivity contribution >= 4 is 30.2 Å². The highest BCUT2D eigenvalue weighted by atomic mass is 16.6. The van der Waals surface area contributed by atoms with Gasteiger partial charge in [0.05, 0.1) is 19.8 Å². The maximum Gasteiger partial charge on any atom is 0.407 e. The van der Waals surface area contributed by atoms with Gasteiger partial charge in [0.2, 0.25) is 5.91 Å². The Morgan fingerprint density at radius 2 is 0.837 bits per heavy atom. The van der Waals surface area contributed by atoms with E-state index >= 15 is 0 Å². The molecule has 0 aromatic heterocycles. The predicted octanol–water partition coefficient (Wildman–Crippen LogP) is 3.36. The Kier molecular flexibility index (Phi) is 20.2. The number of hydrogen-bond donors (Lipinski definition) is 4. The first kappa shape index (κ1) is 40.1. The average Bonchev–Trinajstić information content (AvgIpc) is 3.93. The summed E-state index contributed by atoms with van der Waals surface area (Å²) in [6.45, 7) is 5.14. The molecule has 6 amide bonds. The van der Waals surface area contributed by atoms with Gasteiger partial charge in [0.25, 0.3) is 0 Å². The summed E-state index contributed by atoms with van der Waals surface area (Å²) in [5.41, 5.74) is 0. The van der Waals surface area contributed by atoms with Crippen molar-refractivity contribution in [3.8, 4) is 0 Å². The number of urea groups is 1. The first-order valence-electron chi connectivity index (χ1n) is 18.1. The molecule has 0 saturated carbocycles. The number of ether oxygens (including phenoxy) is 6. The van der Waals surface area contributed by atoms with E-state index in [0.29, 0.717) is 71.8 Å². The molecular formula is C33H57N5O11. The summed E-state index contributed by atoms with van der Waals surface area (Å²) in [5, 5.41) is 11.1. The largest absolute Gasteiger partial charge is 0.447 e. The molecule has 3 saturated heterocycles. The fraction of sp³-hybridized carbons (Fsp3) is 0.848. The monoisotopic (exact) mass is 699 g/mol. The van der Waals surface area contributed by atoms with Crippen LogP contribution in [0.15, 0.2) is 0 Å². The molecule has 4 N–H and O–H groups in total. The number of nitrogens with zero attached hydrogens (tertiary/aromatic N) is 1. The molecule has 49 heavy (non-hydrogen) atoms. The van der Waals surface area contributed by atoms with Crippen molar-refractivity contribution in [2.24, 2.45) is 0 Å². The number of alkyl carbamates (subject to hydrolysis) is 3. The van der Waals surface area contributed by atoms with Crippen LogP contribution in [0.4, 0.5) is 19.2 Å². The van der Waals surface area contributed by atoms with E-state index < -0.39 is 18.3 Å². The van der Waals surface area contributed by atoms with Crippen LogP contribution in [0.3, 0.4) is 0 Å². The molecule has 3 aliphatic rings. The molecule has 0 aromatic carbocycles. The van der Waals surface area contributed by atoms with E-state index in [0.717, 1.165) is 70.6 Å². The van der Waals surface area contributed by atoms with Gasteiger partial charge in [-0.2, -0.15) is 0 Å². The molecule has 3 heterocycles. The molecule has 280 valence electrons. The lowest BCUT2D eigenvalue weighted by molar-refractivity contribution is -0.128. The third-order valence-electron chi connectivity index (χ3n) is 8.02. The molecule has 3 fully saturated rings. The normalized spacial score (nSPS) is 18.5. The number of hydrogen-bond acceptors (Lipinski definition) is 11. The molecule has 3 unspecified atom stereocenters. The van der Waals surface area contributed by atoms with E-state index in [1.54, 1.807) is 0 Å². The van der Waals surface area contributed by atoms with Gasteiger partial charge in [-0.3, -0.25) is 9.69 Å². The molecule has 3 aliphatic heterocycles. The molecule has 0 aliphatic carbocycles. The number of imide groups is 1. The van der Waals surface area contributed by atoms with Gasteiger partial charge in [-0.05, 0) is 38.5 Å². The summed E-state index contributed by atoms with van der Waals surface area (Å²) in [6.07, 6.45) is 9.76.